The van der Waals surface area contributed by atoms with Crippen LogP contribution in [0.2, 0.25) is 0 Å². The van der Waals surface area contributed by atoms with E-state index in [-0.39, 0.29) is 5.56 Å². The lowest BCUT2D eigenvalue weighted by Gasteiger charge is -2.15. The summed E-state index contributed by atoms with van der Waals surface area (Å²) in [6, 6.07) is 13.6. The second-order valence-corrected chi connectivity index (χ2v) is 7.15. The predicted octanol–water partition coefficient (Wildman–Crippen LogP) is 4.40. The van der Waals surface area contributed by atoms with Gasteiger partial charge in [0.25, 0.3) is 5.56 Å². The number of thiophene rings is 1. The maximum absolute atomic E-state index is 13.2. The lowest BCUT2D eigenvalue weighted by atomic mass is 10.0. The van der Waals surface area contributed by atoms with E-state index < -0.39 is 12.0 Å². The number of esters is 1. The Morgan fingerprint density at radius 1 is 1.22 bits per heavy atom. The minimum absolute atomic E-state index is 0.221. The summed E-state index contributed by atoms with van der Waals surface area (Å²) in [5.41, 5.74) is 1.58. The molecule has 27 heavy (non-hydrogen) atoms. The van der Waals surface area contributed by atoms with Crippen LogP contribution < -0.4 is 5.56 Å². The maximum Gasteiger partial charge on any atom is 0.329 e. The summed E-state index contributed by atoms with van der Waals surface area (Å²) in [6.07, 6.45) is 1.89. The molecule has 0 aliphatic heterocycles. The molecule has 6 heteroatoms. The molecule has 0 amide bonds. The molecule has 4 aromatic rings. The van der Waals surface area contributed by atoms with Crippen molar-refractivity contribution >= 4 is 38.3 Å². The van der Waals surface area contributed by atoms with Crippen molar-refractivity contribution in [2.75, 3.05) is 7.11 Å². The summed E-state index contributed by atoms with van der Waals surface area (Å²) < 4.78 is 6.23. The number of fused-ring (bicyclic) bond motifs is 2. The fourth-order valence-corrected chi connectivity index (χ4v) is 4.26. The molecule has 0 radical (unpaired) electrons. The van der Waals surface area contributed by atoms with Crippen molar-refractivity contribution in [3.05, 3.63) is 64.5 Å². The highest BCUT2D eigenvalue weighted by atomic mass is 32.1. The average Bonchev–Trinajstić information content (AvgIpc) is 3.14. The normalized spacial score (nSPS) is 12.4. The zero-order chi connectivity index (χ0) is 19.0. The number of methoxy groups -OCH3 is 1. The van der Waals surface area contributed by atoms with E-state index in [1.807, 2.05) is 42.6 Å². The summed E-state index contributed by atoms with van der Waals surface area (Å²) in [6.45, 7) is 1.84. The molecule has 2 heterocycles. The van der Waals surface area contributed by atoms with Crippen molar-refractivity contribution in [1.82, 2.24) is 9.55 Å². The van der Waals surface area contributed by atoms with Crippen LogP contribution >= 0.6 is 11.3 Å². The molecule has 0 bridgehead atoms. The number of carbonyl (C=O) groups excluding carboxylic acids is 1. The Morgan fingerprint density at radius 2 is 2.00 bits per heavy atom. The van der Waals surface area contributed by atoms with Crippen LogP contribution in [0.5, 0.6) is 0 Å². The van der Waals surface area contributed by atoms with Crippen LogP contribution in [-0.2, 0) is 9.53 Å². The quantitative estimate of drug-likeness (QED) is 0.494. The Kier molecular flexibility index (Phi) is 4.49. The molecule has 2 aromatic carbocycles. The van der Waals surface area contributed by atoms with E-state index >= 15 is 0 Å². The Bertz CT molecular complexity index is 1210. The summed E-state index contributed by atoms with van der Waals surface area (Å²) in [5, 5.41) is 4.75. The first-order valence-corrected chi connectivity index (χ1v) is 9.57. The van der Waals surface area contributed by atoms with Gasteiger partial charge in [-0.05, 0) is 28.8 Å². The van der Waals surface area contributed by atoms with Gasteiger partial charge in [-0.2, -0.15) is 0 Å². The van der Waals surface area contributed by atoms with Gasteiger partial charge in [0.2, 0.25) is 0 Å². The number of hydrogen-bond donors (Lipinski definition) is 0. The van der Waals surface area contributed by atoms with Gasteiger partial charge in [0.15, 0.2) is 0 Å². The van der Waals surface area contributed by atoms with E-state index in [9.17, 15) is 9.59 Å². The highest BCUT2D eigenvalue weighted by molar-refractivity contribution is 7.17. The fourth-order valence-electron chi connectivity index (χ4n) is 3.35. The number of nitrogens with zero attached hydrogens (tertiary/aromatic N) is 2. The first kappa shape index (κ1) is 17.4. The predicted molar refractivity (Wildman–Crippen MR) is 108 cm³/mol. The average molecular weight is 378 g/mol. The second-order valence-electron chi connectivity index (χ2n) is 6.30. The van der Waals surface area contributed by atoms with E-state index in [0.29, 0.717) is 16.6 Å². The van der Waals surface area contributed by atoms with Crippen molar-refractivity contribution in [1.29, 1.82) is 0 Å². The van der Waals surface area contributed by atoms with Gasteiger partial charge in [0.1, 0.15) is 10.9 Å². The molecular formula is C21H18N2O3S. The Hall–Kier alpha value is -2.99. The van der Waals surface area contributed by atoms with E-state index in [4.69, 9.17) is 4.74 Å². The lowest BCUT2D eigenvalue weighted by molar-refractivity contribution is -0.144. The second kappa shape index (κ2) is 6.96. The van der Waals surface area contributed by atoms with Crippen molar-refractivity contribution in [3.8, 4) is 11.1 Å². The SMILES string of the molecule is CCC(C(=O)OC)n1cnc2scc(-c3ccc4ccccc4c3)c2c1=O. The Morgan fingerprint density at radius 3 is 2.74 bits per heavy atom. The Labute approximate surface area is 159 Å². The molecular weight excluding hydrogens is 360 g/mol. The molecule has 0 aliphatic carbocycles. The molecule has 0 aliphatic rings. The number of rotatable bonds is 4. The highest BCUT2D eigenvalue weighted by Crippen LogP contribution is 2.32. The van der Waals surface area contributed by atoms with Gasteiger partial charge < -0.3 is 4.74 Å². The summed E-state index contributed by atoms with van der Waals surface area (Å²) in [5.74, 6) is -0.441. The summed E-state index contributed by atoms with van der Waals surface area (Å²) in [7, 11) is 1.33. The third-order valence-electron chi connectivity index (χ3n) is 4.78. The molecule has 0 fully saturated rings. The standard InChI is InChI=1S/C21H18N2O3S/c1-3-17(21(25)26-2)23-12-22-19-18(20(23)24)16(11-27-19)15-9-8-13-6-4-5-7-14(13)10-15/h4-12,17H,3H2,1-2H3. The summed E-state index contributed by atoms with van der Waals surface area (Å²) in [4.78, 5) is 30.3. The third-order valence-corrected chi connectivity index (χ3v) is 5.66. The van der Waals surface area contributed by atoms with E-state index in [0.717, 1.165) is 21.9 Å². The van der Waals surface area contributed by atoms with Crippen LogP contribution in [-0.4, -0.2) is 22.6 Å². The molecule has 0 N–H and O–H groups in total. The molecule has 4 rings (SSSR count). The van der Waals surface area contributed by atoms with Crippen molar-refractivity contribution in [2.45, 2.75) is 19.4 Å². The summed E-state index contributed by atoms with van der Waals surface area (Å²) >= 11 is 1.43. The van der Waals surface area contributed by atoms with Crippen LogP contribution in [0.15, 0.2) is 59.0 Å². The monoisotopic (exact) mass is 378 g/mol. The van der Waals surface area contributed by atoms with Crippen LogP contribution in [0.1, 0.15) is 19.4 Å². The number of benzene rings is 2. The number of hydrogen-bond acceptors (Lipinski definition) is 5. The van der Waals surface area contributed by atoms with Crippen LogP contribution in [0.3, 0.4) is 0 Å². The van der Waals surface area contributed by atoms with Gasteiger partial charge in [-0.1, -0.05) is 43.3 Å². The van der Waals surface area contributed by atoms with Gasteiger partial charge in [-0.25, -0.2) is 9.78 Å². The minimum atomic E-state index is -0.677. The lowest BCUT2D eigenvalue weighted by Crippen LogP contribution is -2.30. The van der Waals surface area contributed by atoms with Crippen molar-refractivity contribution in [2.24, 2.45) is 0 Å². The number of aromatic nitrogens is 2. The van der Waals surface area contributed by atoms with Gasteiger partial charge in [-0.15, -0.1) is 11.3 Å². The van der Waals surface area contributed by atoms with Gasteiger partial charge in [0, 0.05) is 10.9 Å². The molecule has 5 nitrogen and oxygen atoms in total. The molecule has 1 unspecified atom stereocenters. The van der Waals surface area contributed by atoms with Crippen molar-refractivity contribution < 1.29 is 9.53 Å². The number of ether oxygens (including phenoxy) is 1. The highest BCUT2D eigenvalue weighted by Gasteiger charge is 2.23. The largest absolute Gasteiger partial charge is 0.467 e. The number of carbonyl (C=O) groups is 1. The molecule has 2 aromatic heterocycles. The maximum atomic E-state index is 13.2. The minimum Gasteiger partial charge on any atom is -0.467 e. The Balaban J connectivity index is 1.92. The fraction of sp³-hybridized carbons (Fsp3) is 0.190. The van der Waals surface area contributed by atoms with Crippen LogP contribution in [0, 0.1) is 0 Å². The molecule has 1 atom stereocenters. The molecule has 136 valence electrons. The zero-order valence-electron chi connectivity index (χ0n) is 15.0. The zero-order valence-corrected chi connectivity index (χ0v) is 15.8. The first-order chi connectivity index (χ1) is 13.1. The molecule has 0 spiro atoms. The van der Waals surface area contributed by atoms with Gasteiger partial charge in [0.05, 0.1) is 18.8 Å². The van der Waals surface area contributed by atoms with E-state index in [1.165, 1.54) is 29.3 Å². The van der Waals surface area contributed by atoms with E-state index in [1.54, 1.807) is 0 Å². The molecule has 0 saturated heterocycles. The van der Waals surface area contributed by atoms with E-state index in [2.05, 4.69) is 17.1 Å². The smallest absolute Gasteiger partial charge is 0.329 e. The molecule has 0 saturated carbocycles. The van der Waals surface area contributed by atoms with Gasteiger partial charge >= 0.3 is 5.97 Å². The first-order valence-electron chi connectivity index (χ1n) is 8.69. The topological polar surface area (TPSA) is 61.2 Å². The van der Waals surface area contributed by atoms with Crippen LogP contribution in [0.4, 0.5) is 0 Å². The van der Waals surface area contributed by atoms with Gasteiger partial charge in [-0.3, -0.25) is 9.36 Å². The van der Waals surface area contributed by atoms with Crippen LogP contribution in [0.25, 0.3) is 32.1 Å². The van der Waals surface area contributed by atoms with Crippen molar-refractivity contribution in [3.63, 3.8) is 0 Å². The third kappa shape index (κ3) is 2.92.